The SMILES string of the molecule is CCNC(=NCc1ccc(Oc2cccc(OC)c2)nc1)NCc1c(CC)noc1CC. The first-order valence-corrected chi connectivity index (χ1v) is 10.9. The van der Waals surface area contributed by atoms with E-state index >= 15 is 0 Å². The van der Waals surface area contributed by atoms with Gasteiger partial charge in [0.05, 0.1) is 19.3 Å². The summed E-state index contributed by atoms with van der Waals surface area (Å²) in [6.07, 6.45) is 3.42. The molecule has 0 aliphatic heterocycles. The molecule has 2 aromatic heterocycles. The van der Waals surface area contributed by atoms with Crippen LogP contribution in [0.15, 0.2) is 52.1 Å². The highest BCUT2D eigenvalue weighted by Gasteiger charge is 2.13. The van der Waals surface area contributed by atoms with Crippen LogP contribution in [0.1, 0.15) is 43.4 Å². The first-order chi connectivity index (χ1) is 15.7. The zero-order valence-electron chi connectivity index (χ0n) is 19.1. The fourth-order valence-corrected chi connectivity index (χ4v) is 3.17. The molecule has 0 unspecified atom stereocenters. The molecule has 170 valence electrons. The zero-order valence-corrected chi connectivity index (χ0v) is 19.1. The van der Waals surface area contributed by atoms with Gasteiger partial charge in [-0.1, -0.05) is 31.1 Å². The molecule has 0 aliphatic carbocycles. The highest BCUT2D eigenvalue weighted by molar-refractivity contribution is 5.79. The summed E-state index contributed by atoms with van der Waals surface area (Å²) in [4.78, 5) is 9.07. The van der Waals surface area contributed by atoms with Gasteiger partial charge in [0.1, 0.15) is 17.3 Å². The van der Waals surface area contributed by atoms with Gasteiger partial charge in [0.15, 0.2) is 5.96 Å². The summed E-state index contributed by atoms with van der Waals surface area (Å²) in [5.41, 5.74) is 3.08. The summed E-state index contributed by atoms with van der Waals surface area (Å²) in [6, 6.07) is 11.2. The van der Waals surface area contributed by atoms with Crippen LogP contribution in [0.5, 0.6) is 17.4 Å². The largest absolute Gasteiger partial charge is 0.497 e. The van der Waals surface area contributed by atoms with E-state index in [1.807, 2.05) is 43.3 Å². The van der Waals surface area contributed by atoms with Crippen molar-refractivity contribution in [2.75, 3.05) is 13.7 Å². The van der Waals surface area contributed by atoms with E-state index in [4.69, 9.17) is 14.0 Å². The van der Waals surface area contributed by atoms with Crippen LogP contribution in [-0.4, -0.2) is 29.8 Å². The van der Waals surface area contributed by atoms with Gasteiger partial charge in [0.25, 0.3) is 0 Å². The van der Waals surface area contributed by atoms with Gasteiger partial charge in [-0.15, -0.1) is 0 Å². The number of rotatable bonds is 10. The third kappa shape index (κ3) is 6.23. The van der Waals surface area contributed by atoms with Crippen molar-refractivity contribution in [3.63, 3.8) is 0 Å². The van der Waals surface area contributed by atoms with Crippen molar-refractivity contribution in [3.05, 3.63) is 65.2 Å². The average molecular weight is 438 g/mol. The van der Waals surface area contributed by atoms with Crippen molar-refractivity contribution in [2.45, 2.75) is 46.7 Å². The Hall–Kier alpha value is -3.55. The number of hydrogen-bond acceptors (Lipinski definition) is 6. The van der Waals surface area contributed by atoms with Crippen LogP contribution in [0.4, 0.5) is 0 Å². The minimum Gasteiger partial charge on any atom is -0.497 e. The Morgan fingerprint density at radius 2 is 1.91 bits per heavy atom. The van der Waals surface area contributed by atoms with Gasteiger partial charge in [-0.25, -0.2) is 9.98 Å². The molecule has 0 saturated carbocycles. The van der Waals surface area contributed by atoms with E-state index in [0.29, 0.717) is 24.7 Å². The zero-order chi connectivity index (χ0) is 22.8. The maximum atomic E-state index is 5.80. The predicted octanol–water partition coefficient (Wildman–Crippen LogP) is 4.25. The van der Waals surface area contributed by atoms with Gasteiger partial charge in [-0.3, -0.25) is 0 Å². The fraction of sp³-hybridized carbons (Fsp3) is 0.375. The number of ether oxygens (including phenoxy) is 2. The van der Waals surface area contributed by atoms with Crippen LogP contribution >= 0.6 is 0 Å². The Kier molecular flexibility index (Phi) is 8.48. The predicted molar refractivity (Wildman–Crippen MR) is 124 cm³/mol. The summed E-state index contributed by atoms with van der Waals surface area (Å²) in [6.45, 7) is 8.06. The summed E-state index contributed by atoms with van der Waals surface area (Å²) in [7, 11) is 1.63. The van der Waals surface area contributed by atoms with Gasteiger partial charge in [-0.2, -0.15) is 0 Å². The van der Waals surface area contributed by atoms with Crippen LogP contribution < -0.4 is 20.1 Å². The molecule has 0 atom stereocenters. The molecule has 0 radical (unpaired) electrons. The first-order valence-electron chi connectivity index (χ1n) is 10.9. The number of nitrogens with one attached hydrogen (secondary N) is 2. The van der Waals surface area contributed by atoms with E-state index in [9.17, 15) is 0 Å². The monoisotopic (exact) mass is 437 g/mol. The smallest absolute Gasteiger partial charge is 0.219 e. The van der Waals surface area contributed by atoms with E-state index in [-0.39, 0.29) is 0 Å². The lowest BCUT2D eigenvalue weighted by molar-refractivity contribution is 0.380. The Bertz CT molecular complexity index is 993. The molecule has 2 heterocycles. The number of guanidine groups is 1. The molecule has 0 aliphatic rings. The number of aromatic nitrogens is 2. The summed E-state index contributed by atoms with van der Waals surface area (Å²) in [5.74, 6) is 3.58. The lowest BCUT2D eigenvalue weighted by atomic mass is 10.1. The number of nitrogens with zero attached hydrogens (tertiary/aromatic N) is 3. The van der Waals surface area contributed by atoms with Gasteiger partial charge < -0.3 is 24.6 Å². The van der Waals surface area contributed by atoms with Crippen molar-refractivity contribution < 1.29 is 14.0 Å². The first kappa shape index (κ1) is 23.1. The van der Waals surface area contributed by atoms with Crippen molar-refractivity contribution in [1.29, 1.82) is 0 Å². The van der Waals surface area contributed by atoms with E-state index in [1.165, 1.54) is 0 Å². The Morgan fingerprint density at radius 3 is 2.59 bits per heavy atom. The standard InChI is InChI=1S/C24H31N5O3/c1-5-21-20(22(6-2)32-29-21)16-28-24(25-7-3)27-15-17-11-12-23(26-14-17)31-19-10-8-9-18(13-19)30-4/h8-14H,5-7,15-16H2,1-4H3,(H2,25,27,28). The molecule has 0 spiro atoms. The molecule has 2 N–H and O–H groups in total. The third-order valence-corrected chi connectivity index (χ3v) is 4.86. The number of pyridine rings is 1. The third-order valence-electron chi connectivity index (χ3n) is 4.86. The van der Waals surface area contributed by atoms with Gasteiger partial charge in [0, 0.05) is 43.4 Å². The normalized spacial score (nSPS) is 11.3. The number of hydrogen-bond donors (Lipinski definition) is 2. The minimum absolute atomic E-state index is 0.493. The van der Waals surface area contributed by atoms with Crippen LogP contribution in [0.3, 0.4) is 0 Å². The Morgan fingerprint density at radius 1 is 1.06 bits per heavy atom. The van der Waals surface area contributed by atoms with Crippen molar-refractivity contribution in [1.82, 2.24) is 20.8 Å². The molecule has 0 amide bonds. The second-order valence-electron chi connectivity index (χ2n) is 7.07. The maximum Gasteiger partial charge on any atom is 0.219 e. The minimum atomic E-state index is 0.493. The Balaban J connectivity index is 1.61. The number of benzene rings is 1. The average Bonchev–Trinajstić information content (AvgIpc) is 3.24. The molecule has 3 rings (SSSR count). The maximum absolute atomic E-state index is 5.80. The second-order valence-corrected chi connectivity index (χ2v) is 7.07. The van der Waals surface area contributed by atoms with Gasteiger partial charge in [-0.05, 0) is 31.0 Å². The fourth-order valence-electron chi connectivity index (χ4n) is 3.17. The van der Waals surface area contributed by atoms with Crippen LogP contribution in [0.25, 0.3) is 0 Å². The van der Waals surface area contributed by atoms with Crippen molar-refractivity contribution in [2.24, 2.45) is 4.99 Å². The van der Waals surface area contributed by atoms with Crippen LogP contribution in [0, 0.1) is 0 Å². The molecular formula is C24H31N5O3. The molecule has 8 heteroatoms. The van der Waals surface area contributed by atoms with Crippen molar-refractivity contribution in [3.8, 4) is 17.4 Å². The van der Waals surface area contributed by atoms with Gasteiger partial charge >= 0.3 is 0 Å². The summed E-state index contributed by atoms with van der Waals surface area (Å²) >= 11 is 0. The lowest BCUT2D eigenvalue weighted by Gasteiger charge is -2.12. The molecule has 0 saturated heterocycles. The Labute approximate surface area is 189 Å². The second kappa shape index (κ2) is 11.7. The lowest BCUT2D eigenvalue weighted by Crippen LogP contribution is -2.37. The van der Waals surface area contributed by atoms with Crippen LogP contribution in [0.2, 0.25) is 0 Å². The van der Waals surface area contributed by atoms with E-state index in [0.717, 1.165) is 53.7 Å². The van der Waals surface area contributed by atoms with E-state index in [1.54, 1.807) is 13.3 Å². The highest BCUT2D eigenvalue weighted by atomic mass is 16.5. The van der Waals surface area contributed by atoms with E-state index < -0.39 is 0 Å². The number of methoxy groups -OCH3 is 1. The van der Waals surface area contributed by atoms with Crippen LogP contribution in [-0.2, 0) is 25.9 Å². The summed E-state index contributed by atoms with van der Waals surface area (Å²) in [5, 5.41) is 10.8. The molecule has 8 nitrogen and oxygen atoms in total. The summed E-state index contributed by atoms with van der Waals surface area (Å²) < 4.78 is 16.5. The quantitative estimate of drug-likeness (QED) is 0.362. The molecular weight excluding hydrogens is 406 g/mol. The number of aliphatic imine (C=N–C) groups is 1. The topological polar surface area (TPSA) is 93.8 Å². The highest BCUT2D eigenvalue weighted by Crippen LogP contribution is 2.24. The molecule has 32 heavy (non-hydrogen) atoms. The molecule has 1 aromatic carbocycles. The number of aryl methyl sites for hydroxylation is 2. The van der Waals surface area contributed by atoms with E-state index in [2.05, 4.69) is 39.6 Å². The van der Waals surface area contributed by atoms with Crippen molar-refractivity contribution >= 4 is 5.96 Å². The van der Waals surface area contributed by atoms with Gasteiger partial charge in [0.2, 0.25) is 5.88 Å². The molecule has 3 aromatic rings. The molecule has 0 fully saturated rings. The molecule has 0 bridgehead atoms.